The number of nitrogens with zero attached hydrogens (tertiary/aromatic N) is 1. The second-order valence-corrected chi connectivity index (χ2v) is 7.19. The number of rotatable bonds is 7. The smallest absolute Gasteiger partial charge is 0.132 e. The van der Waals surface area contributed by atoms with Crippen LogP contribution in [0.3, 0.4) is 0 Å². The summed E-state index contributed by atoms with van der Waals surface area (Å²) in [5.74, 6) is 0.156. The quantitative estimate of drug-likeness (QED) is 0.522. The van der Waals surface area contributed by atoms with Crippen LogP contribution in [0, 0.1) is 5.82 Å². The van der Waals surface area contributed by atoms with Crippen molar-refractivity contribution in [2.75, 3.05) is 6.54 Å². The number of aliphatic hydroxyl groups is 1. The molecule has 4 N–H and O–H groups in total. The van der Waals surface area contributed by atoms with E-state index >= 15 is 0 Å². The van der Waals surface area contributed by atoms with Crippen molar-refractivity contribution < 1.29 is 14.6 Å². The monoisotopic (exact) mass is 357 g/mol. The number of H-pyrrole nitrogens is 1. The maximum absolute atomic E-state index is 13.8. The first kappa shape index (κ1) is 18.4. The number of hydrogen-bond acceptors (Lipinski definition) is 4. The van der Waals surface area contributed by atoms with E-state index in [-0.39, 0.29) is 23.4 Å². The van der Waals surface area contributed by atoms with Gasteiger partial charge < -0.3 is 20.5 Å². The SMILES string of the molecule is CC(C)(CCc1nc2ccccc2[nH]1)NCC(O)c1ccc(O)cc1F. The van der Waals surface area contributed by atoms with Gasteiger partial charge in [-0.1, -0.05) is 12.1 Å². The van der Waals surface area contributed by atoms with Gasteiger partial charge in [0.1, 0.15) is 17.4 Å². The van der Waals surface area contributed by atoms with Crippen LogP contribution >= 0.6 is 0 Å². The van der Waals surface area contributed by atoms with Crippen molar-refractivity contribution in [2.45, 2.75) is 38.3 Å². The molecule has 0 saturated heterocycles. The second-order valence-electron chi connectivity index (χ2n) is 7.19. The first-order chi connectivity index (χ1) is 12.3. The molecule has 0 saturated carbocycles. The van der Waals surface area contributed by atoms with E-state index in [0.29, 0.717) is 0 Å². The number of hydrogen-bond donors (Lipinski definition) is 4. The fourth-order valence-electron chi connectivity index (χ4n) is 2.91. The summed E-state index contributed by atoms with van der Waals surface area (Å²) in [6.45, 7) is 4.29. The van der Waals surface area contributed by atoms with Gasteiger partial charge in [0.15, 0.2) is 0 Å². The van der Waals surface area contributed by atoms with Crippen LogP contribution < -0.4 is 5.32 Å². The number of halogens is 1. The Bertz CT molecular complexity index is 859. The van der Waals surface area contributed by atoms with E-state index in [1.165, 1.54) is 12.1 Å². The predicted octanol–water partition coefficient (Wildman–Crippen LogP) is 3.44. The number of aromatic amines is 1. The highest BCUT2D eigenvalue weighted by atomic mass is 19.1. The Kier molecular flexibility index (Phi) is 5.25. The Morgan fingerprint density at radius 2 is 2.00 bits per heavy atom. The number of aromatic nitrogens is 2. The molecule has 0 aliphatic rings. The van der Waals surface area contributed by atoms with Gasteiger partial charge in [0.25, 0.3) is 0 Å². The zero-order valence-electron chi connectivity index (χ0n) is 15.0. The number of imidazole rings is 1. The fourth-order valence-corrected chi connectivity index (χ4v) is 2.91. The Labute approximate surface area is 151 Å². The van der Waals surface area contributed by atoms with Gasteiger partial charge >= 0.3 is 0 Å². The van der Waals surface area contributed by atoms with Crippen LogP contribution in [0.25, 0.3) is 11.0 Å². The van der Waals surface area contributed by atoms with Gasteiger partial charge in [0, 0.05) is 30.1 Å². The molecule has 26 heavy (non-hydrogen) atoms. The van der Waals surface area contributed by atoms with Crippen molar-refractivity contribution in [1.82, 2.24) is 15.3 Å². The van der Waals surface area contributed by atoms with E-state index in [2.05, 4.69) is 15.3 Å². The first-order valence-corrected chi connectivity index (χ1v) is 8.69. The fraction of sp³-hybridized carbons (Fsp3) is 0.350. The van der Waals surface area contributed by atoms with E-state index in [0.717, 1.165) is 35.8 Å². The van der Waals surface area contributed by atoms with Crippen molar-refractivity contribution in [3.63, 3.8) is 0 Å². The third kappa shape index (κ3) is 4.39. The van der Waals surface area contributed by atoms with Crippen molar-refractivity contribution >= 4 is 11.0 Å². The van der Waals surface area contributed by atoms with Gasteiger partial charge in [0.05, 0.1) is 17.1 Å². The van der Waals surface area contributed by atoms with Gasteiger partial charge in [-0.05, 0) is 44.5 Å². The predicted molar refractivity (Wildman–Crippen MR) is 99.5 cm³/mol. The minimum absolute atomic E-state index is 0.155. The molecule has 0 radical (unpaired) electrons. The molecule has 1 heterocycles. The van der Waals surface area contributed by atoms with Crippen LogP contribution in [0.5, 0.6) is 5.75 Å². The largest absolute Gasteiger partial charge is 0.508 e. The molecule has 0 amide bonds. The molecule has 0 spiro atoms. The normalized spacial score (nSPS) is 13.2. The van der Waals surface area contributed by atoms with Crippen molar-refractivity contribution in [2.24, 2.45) is 0 Å². The molecule has 1 atom stereocenters. The third-order valence-electron chi connectivity index (χ3n) is 4.54. The number of fused-ring (bicyclic) bond motifs is 1. The number of para-hydroxylation sites is 2. The van der Waals surface area contributed by atoms with Crippen molar-refractivity contribution in [3.8, 4) is 5.75 Å². The lowest BCUT2D eigenvalue weighted by Crippen LogP contribution is -2.42. The number of phenolic OH excluding ortho intramolecular Hbond substituents is 1. The molecule has 0 fully saturated rings. The minimum atomic E-state index is -0.985. The lowest BCUT2D eigenvalue weighted by Gasteiger charge is -2.27. The van der Waals surface area contributed by atoms with Crippen LogP contribution in [-0.2, 0) is 6.42 Å². The summed E-state index contributed by atoms with van der Waals surface area (Å²) in [4.78, 5) is 7.88. The van der Waals surface area contributed by atoms with Crippen LogP contribution in [0.2, 0.25) is 0 Å². The molecule has 2 aromatic carbocycles. The highest BCUT2D eigenvalue weighted by molar-refractivity contribution is 5.74. The van der Waals surface area contributed by atoms with Gasteiger partial charge in [-0.3, -0.25) is 0 Å². The van der Waals surface area contributed by atoms with Gasteiger partial charge in [-0.2, -0.15) is 0 Å². The summed E-state index contributed by atoms with van der Waals surface area (Å²) >= 11 is 0. The van der Waals surface area contributed by atoms with Crippen molar-refractivity contribution in [1.29, 1.82) is 0 Å². The first-order valence-electron chi connectivity index (χ1n) is 8.69. The summed E-state index contributed by atoms with van der Waals surface area (Å²) in [6, 6.07) is 11.7. The number of aryl methyl sites for hydroxylation is 1. The summed E-state index contributed by atoms with van der Waals surface area (Å²) in [5, 5.41) is 22.8. The molecule has 138 valence electrons. The van der Waals surface area contributed by atoms with E-state index < -0.39 is 11.9 Å². The molecular weight excluding hydrogens is 333 g/mol. The van der Waals surface area contributed by atoms with E-state index in [9.17, 15) is 14.6 Å². The standard InChI is InChI=1S/C20H24FN3O2/c1-20(2,10-9-19-23-16-5-3-4-6-17(16)24-19)22-12-18(26)14-8-7-13(25)11-15(14)21/h3-8,11,18,22,25-26H,9-10,12H2,1-2H3,(H,23,24). The molecule has 1 unspecified atom stereocenters. The summed E-state index contributed by atoms with van der Waals surface area (Å²) < 4.78 is 13.8. The number of aromatic hydroxyl groups is 1. The lowest BCUT2D eigenvalue weighted by molar-refractivity contribution is 0.155. The second kappa shape index (κ2) is 7.43. The van der Waals surface area contributed by atoms with Crippen molar-refractivity contribution in [3.05, 3.63) is 59.7 Å². The third-order valence-corrected chi connectivity index (χ3v) is 4.54. The molecule has 0 aliphatic carbocycles. The molecule has 6 heteroatoms. The highest BCUT2D eigenvalue weighted by Crippen LogP contribution is 2.22. The molecular formula is C20H24FN3O2. The number of phenols is 1. The Balaban J connectivity index is 1.56. The van der Waals surface area contributed by atoms with Crippen LogP contribution in [0.15, 0.2) is 42.5 Å². The summed E-state index contributed by atoms with van der Waals surface area (Å²) in [7, 11) is 0. The zero-order valence-corrected chi connectivity index (χ0v) is 15.0. The van der Waals surface area contributed by atoms with E-state index in [4.69, 9.17) is 0 Å². The molecule has 5 nitrogen and oxygen atoms in total. The Morgan fingerprint density at radius 3 is 2.73 bits per heavy atom. The van der Waals surface area contributed by atoms with E-state index in [1.807, 2.05) is 38.1 Å². The average Bonchev–Trinajstić information content (AvgIpc) is 3.01. The molecule has 1 aromatic heterocycles. The number of β-amino-alcohol motifs (C(OH)–C–C–N with tert-alkyl or cyclic N) is 1. The maximum Gasteiger partial charge on any atom is 0.132 e. The lowest BCUT2D eigenvalue weighted by atomic mass is 9.97. The zero-order chi connectivity index (χ0) is 18.7. The topological polar surface area (TPSA) is 81.2 Å². The number of benzene rings is 2. The number of nitrogens with one attached hydrogen (secondary N) is 2. The van der Waals surface area contributed by atoms with Gasteiger partial charge in [-0.25, -0.2) is 9.37 Å². The molecule has 3 rings (SSSR count). The van der Waals surface area contributed by atoms with Gasteiger partial charge in [0.2, 0.25) is 0 Å². The van der Waals surface area contributed by atoms with Crippen LogP contribution in [0.4, 0.5) is 4.39 Å². The van der Waals surface area contributed by atoms with Crippen LogP contribution in [0.1, 0.15) is 37.8 Å². The molecule has 3 aromatic rings. The number of aliphatic hydroxyl groups excluding tert-OH is 1. The molecule has 0 aliphatic heterocycles. The minimum Gasteiger partial charge on any atom is -0.508 e. The molecule has 0 bridgehead atoms. The Morgan fingerprint density at radius 1 is 1.23 bits per heavy atom. The summed E-state index contributed by atoms with van der Waals surface area (Å²) in [5.41, 5.74) is 1.88. The highest BCUT2D eigenvalue weighted by Gasteiger charge is 2.21. The average molecular weight is 357 g/mol. The summed E-state index contributed by atoms with van der Waals surface area (Å²) in [6.07, 6.45) is 0.580. The van der Waals surface area contributed by atoms with Crippen LogP contribution in [-0.4, -0.2) is 32.3 Å². The van der Waals surface area contributed by atoms with Gasteiger partial charge in [-0.15, -0.1) is 0 Å². The van der Waals surface area contributed by atoms with E-state index in [1.54, 1.807) is 0 Å². The maximum atomic E-state index is 13.8. The Hall–Kier alpha value is -2.44.